The highest BCUT2D eigenvalue weighted by Crippen LogP contribution is 2.30. The third-order valence-electron chi connectivity index (χ3n) is 2.53. The number of hydrogen-bond donors (Lipinski definition) is 4. The molecule has 0 fully saturated rings. The Bertz CT molecular complexity index is 653. The zero-order valence-electron chi connectivity index (χ0n) is 11.4. The summed E-state index contributed by atoms with van der Waals surface area (Å²) in [6.07, 6.45) is 3.12. The molecule has 4 N–H and O–H groups in total. The molecule has 0 saturated carbocycles. The Morgan fingerprint density at radius 2 is 2.29 bits per heavy atom. The Morgan fingerprint density at radius 3 is 2.95 bits per heavy atom. The van der Waals surface area contributed by atoms with Gasteiger partial charge >= 0.3 is 0 Å². The number of rotatable bonds is 5. The van der Waals surface area contributed by atoms with Crippen LogP contribution in [0.3, 0.4) is 0 Å². The lowest BCUT2D eigenvalue weighted by Crippen LogP contribution is -2.14. The van der Waals surface area contributed by atoms with Crippen molar-refractivity contribution < 1.29 is 14.7 Å². The number of hydrogen-bond acceptors (Lipinski definition) is 7. The molecule has 1 amide bonds. The van der Waals surface area contributed by atoms with Crippen molar-refractivity contribution in [2.75, 3.05) is 12.4 Å². The minimum Gasteiger partial charge on any atom is -0.505 e. The number of carbonyl (C=O) groups excluding carboxylic acids is 1. The number of benzene rings is 1. The van der Waals surface area contributed by atoms with Gasteiger partial charge in [0, 0.05) is 11.8 Å². The van der Waals surface area contributed by atoms with Crippen molar-refractivity contribution >= 4 is 17.7 Å². The zero-order chi connectivity index (χ0) is 15.2. The number of H-pyrrole nitrogens is 1. The highest BCUT2D eigenvalue weighted by atomic mass is 16.6. The van der Waals surface area contributed by atoms with Crippen LogP contribution in [0.1, 0.15) is 21.7 Å². The van der Waals surface area contributed by atoms with E-state index in [0.29, 0.717) is 5.56 Å². The summed E-state index contributed by atoms with van der Waals surface area (Å²) in [7, 11) is 1.47. The highest BCUT2D eigenvalue weighted by molar-refractivity contribution is 6.02. The standard InChI is InChI=1S/C12H14N6O3/c1-7-5-8(3-4-13-21-2)10(19)9(6-7)14-12(20)11-15-17-18-16-11/h3-6,13,19H,1-2H3,(H,14,20)(H,15,16,17,18). The number of phenols is 1. The minimum atomic E-state index is -0.574. The van der Waals surface area contributed by atoms with Crippen molar-refractivity contribution in [3.63, 3.8) is 0 Å². The SMILES string of the molecule is CONC=Cc1cc(C)cc(NC(=O)c2nn[nH]n2)c1O. The molecule has 21 heavy (non-hydrogen) atoms. The summed E-state index contributed by atoms with van der Waals surface area (Å²) in [5.41, 5.74) is 4.14. The number of aromatic hydroxyl groups is 1. The van der Waals surface area contributed by atoms with E-state index in [4.69, 9.17) is 0 Å². The van der Waals surface area contributed by atoms with E-state index in [1.54, 1.807) is 18.2 Å². The van der Waals surface area contributed by atoms with Crippen LogP contribution in [0.5, 0.6) is 5.75 Å². The van der Waals surface area contributed by atoms with Crippen LogP contribution in [0.25, 0.3) is 6.08 Å². The molecule has 0 bridgehead atoms. The summed E-state index contributed by atoms with van der Waals surface area (Å²) in [5, 5.41) is 25.3. The summed E-state index contributed by atoms with van der Waals surface area (Å²) in [5.74, 6) is -0.768. The van der Waals surface area contributed by atoms with Crippen molar-refractivity contribution in [1.82, 2.24) is 26.1 Å². The quantitative estimate of drug-likeness (QED) is 0.469. The molecule has 0 radical (unpaired) electrons. The lowest BCUT2D eigenvalue weighted by atomic mass is 10.1. The van der Waals surface area contributed by atoms with Gasteiger partial charge in [0.1, 0.15) is 5.75 Å². The van der Waals surface area contributed by atoms with Gasteiger partial charge in [0.05, 0.1) is 12.8 Å². The molecular formula is C12H14N6O3. The molecule has 9 heteroatoms. The van der Waals surface area contributed by atoms with E-state index in [0.717, 1.165) is 5.56 Å². The van der Waals surface area contributed by atoms with Gasteiger partial charge in [-0.2, -0.15) is 5.21 Å². The minimum absolute atomic E-state index is 0.0772. The summed E-state index contributed by atoms with van der Waals surface area (Å²) in [6.45, 7) is 1.84. The first-order chi connectivity index (χ1) is 10.1. The van der Waals surface area contributed by atoms with Crippen molar-refractivity contribution in [1.29, 1.82) is 0 Å². The fraction of sp³-hybridized carbons (Fsp3) is 0.167. The summed E-state index contributed by atoms with van der Waals surface area (Å²) >= 11 is 0. The van der Waals surface area contributed by atoms with Crippen LogP contribution in [0.2, 0.25) is 0 Å². The first-order valence-corrected chi connectivity index (χ1v) is 5.95. The lowest BCUT2D eigenvalue weighted by Gasteiger charge is -2.09. The molecule has 0 aliphatic heterocycles. The molecule has 0 atom stereocenters. The molecule has 1 aromatic carbocycles. The Kier molecular flexibility index (Phi) is 4.46. The van der Waals surface area contributed by atoms with E-state index in [-0.39, 0.29) is 17.3 Å². The van der Waals surface area contributed by atoms with Gasteiger partial charge < -0.3 is 10.4 Å². The summed E-state index contributed by atoms with van der Waals surface area (Å²) < 4.78 is 0. The number of carbonyl (C=O) groups is 1. The number of nitrogens with one attached hydrogen (secondary N) is 3. The maximum Gasteiger partial charge on any atom is 0.297 e. The number of aromatic amines is 1. The van der Waals surface area contributed by atoms with E-state index >= 15 is 0 Å². The van der Waals surface area contributed by atoms with E-state index in [1.807, 2.05) is 6.92 Å². The number of amides is 1. The van der Waals surface area contributed by atoms with Gasteiger partial charge in [-0.15, -0.1) is 10.2 Å². The lowest BCUT2D eigenvalue weighted by molar-refractivity contribution is 0.101. The normalized spacial score (nSPS) is 10.8. The number of tetrazole rings is 1. The smallest absolute Gasteiger partial charge is 0.297 e. The molecule has 2 rings (SSSR count). The molecule has 0 saturated heterocycles. The van der Waals surface area contributed by atoms with E-state index < -0.39 is 5.91 Å². The number of hydroxylamine groups is 1. The average Bonchev–Trinajstić information content (AvgIpc) is 2.98. The molecule has 1 aromatic heterocycles. The topological polar surface area (TPSA) is 125 Å². The number of aryl methyl sites for hydroxylation is 1. The predicted octanol–water partition coefficient (Wildman–Crippen LogP) is 0.588. The van der Waals surface area contributed by atoms with E-state index in [1.165, 1.54) is 13.3 Å². The largest absolute Gasteiger partial charge is 0.505 e. The first-order valence-electron chi connectivity index (χ1n) is 5.95. The van der Waals surface area contributed by atoms with Gasteiger partial charge in [-0.1, -0.05) is 0 Å². The van der Waals surface area contributed by atoms with E-state index in [9.17, 15) is 9.90 Å². The zero-order valence-corrected chi connectivity index (χ0v) is 11.4. The van der Waals surface area contributed by atoms with Crippen molar-refractivity contribution in [2.45, 2.75) is 6.92 Å². The highest BCUT2D eigenvalue weighted by Gasteiger charge is 2.14. The number of anilines is 1. The molecule has 0 aliphatic carbocycles. The fourth-order valence-corrected chi connectivity index (χ4v) is 1.66. The Morgan fingerprint density at radius 1 is 1.48 bits per heavy atom. The van der Waals surface area contributed by atoms with Crippen molar-refractivity contribution in [3.8, 4) is 5.75 Å². The maximum absolute atomic E-state index is 11.9. The number of aromatic nitrogens is 4. The molecule has 0 spiro atoms. The Balaban J connectivity index is 2.25. The Hall–Kier alpha value is -2.94. The van der Waals surface area contributed by atoms with Crippen LogP contribution in [0.15, 0.2) is 18.3 Å². The van der Waals surface area contributed by atoms with Crippen LogP contribution in [0.4, 0.5) is 5.69 Å². The second-order valence-electron chi connectivity index (χ2n) is 4.10. The van der Waals surface area contributed by atoms with Gasteiger partial charge in [0.15, 0.2) is 0 Å². The Labute approximate surface area is 120 Å². The van der Waals surface area contributed by atoms with Crippen LogP contribution < -0.4 is 10.8 Å². The number of nitrogens with zero attached hydrogens (tertiary/aromatic N) is 3. The third-order valence-corrected chi connectivity index (χ3v) is 2.53. The average molecular weight is 290 g/mol. The van der Waals surface area contributed by atoms with Gasteiger partial charge in [-0.05, 0) is 35.9 Å². The van der Waals surface area contributed by atoms with Gasteiger partial charge in [0.2, 0.25) is 0 Å². The van der Waals surface area contributed by atoms with Crippen molar-refractivity contribution in [3.05, 3.63) is 35.3 Å². The van der Waals surface area contributed by atoms with Crippen molar-refractivity contribution in [2.24, 2.45) is 0 Å². The summed E-state index contributed by atoms with van der Waals surface area (Å²) in [4.78, 5) is 16.5. The molecule has 9 nitrogen and oxygen atoms in total. The number of phenolic OH excluding ortho intramolecular Hbond substituents is 1. The first kappa shape index (κ1) is 14.5. The van der Waals surface area contributed by atoms with Crippen LogP contribution in [0, 0.1) is 6.92 Å². The molecule has 1 heterocycles. The van der Waals surface area contributed by atoms with Gasteiger partial charge in [-0.25, -0.2) is 0 Å². The second kappa shape index (κ2) is 6.48. The van der Waals surface area contributed by atoms with Crippen LogP contribution >= 0.6 is 0 Å². The van der Waals surface area contributed by atoms with Crippen LogP contribution in [-0.4, -0.2) is 38.7 Å². The predicted molar refractivity (Wildman–Crippen MR) is 74.2 cm³/mol. The third kappa shape index (κ3) is 3.54. The maximum atomic E-state index is 11.9. The second-order valence-corrected chi connectivity index (χ2v) is 4.10. The monoisotopic (exact) mass is 290 g/mol. The van der Waals surface area contributed by atoms with Crippen LogP contribution in [-0.2, 0) is 4.84 Å². The molecule has 0 aliphatic rings. The molecular weight excluding hydrogens is 276 g/mol. The van der Waals surface area contributed by atoms with Gasteiger partial charge in [-0.3, -0.25) is 15.1 Å². The van der Waals surface area contributed by atoms with Gasteiger partial charge in [0.25, 0.3) is 11.7 Å². The summed E-state index contributed by atoms with van der Waals surface area (Å²) in [6, 6.07) is 3.39. The fourth-order valence-electron chi connectivity index (χ4n) is 1.66. The van der Waals surface area contributed by atoms with E-state index in [2.05, 4.69) is 36.3 Å². The molecule has 2 aromatic rings. The molecule has 110 valence electrons. The molecule has 0 unspecified atom stereocenters.